The van der Waals surface area contributed by atoms with Crippen molar-refractivity contribution in [2.24, 2.45) is 0 Å². The van der Waals surface area contributed by atoms with E-state index in [9.17, 15) is 4.79 Å². The van der Waals surface area contributed by atoms with Gasteiger partial charge in [0.2, 0.25) is 0 Å². The molecule has 0 saturated heterocycles. The van der Waals surface area contributed by atoms with Crippen molar-refractivity contribution < 1.29 is 18.7 Å². The Morgan fingerprint density at radius 1 is 1.26 bits per heavy atom. The molecule has 0 aliphatic rings. The van der Waals surface area contributed by atoms with Crippen molar-refractivity contribution in [1.82, 2.24) is 0 Å². The maximum atomic E-state index is 12.0. The van der Waals surface area contributed by atoms with Crippen LogP contribution in [0.5, 0.6) is 5.75 Å². The highest BCUT2D eigenvalue weighted by molar-refractivity contribution is 6.37. The van der Waals surface area contributed by atoms with Crippen molar-refractivity contribution in [2.75, 3.05) is 7.11 Å². The van der Waals surface area contributed by atoms with Crippen molar-refractivity contribution >= 4 is 29.2 Å². The zero-order valence-corrected chi connectivity index (χ0v) is 11.5. The van der Waals surface area contributed by atoms with E-state index < -0.39 is 5.97 Å². The van der Waals surface area contributed by atoms with E-state index in [-0.39, 0.29) is 28.0 Å². The molecule has 0 spiro atoms. The molecule has 4 nitrogen and oxygen atoms in total. The van der Waals surface area contributed by atoms with Gasteiger partial charge < -0.3 is 13.9 Å². The lowest BCUT2D eigenvalue weighted by Gasteiger charge is -2.11. The number of carbonyl (C=O) groups is 1. The van der Waals surface area contributed by atoms with Crippen LogP contribution < -0.4 is 4.74 Å². The van der Waals surface area contributed by atoms with Crippen molar-refractivity contribution in [2.45, 2.75) is 6.61 Å². The summed E-state index contributed by atoms with van der Waals surface area (Å²) in [4.78, 5) is 12.0. The molecule has 2 rings (SSSR count). The number of ether oxygens (including phenoxy) is 2. The SMILES string of the molecule is COc1c(Cl)ccc(Cl)c1C(=O)OCc1ccco1. The first-order chi connectivity index (χ1) is 9.13. The van der Waals surface area contributed by atoms with Crippen LogP contribution in [0.25, 0.3) is 0 Å². The lowest BCUT2D eigenvalue weighted by atomic mass is 10.2. The Kier molecular flexibility index (Phi) is 4.35. The fraction of sp³-hybridized carbons (Fsp3) is 0.154. The van der Waals surface area contributed by atoms with Crippen LogP contribution in [-0.4, -0.2) is 13.1 Å². The summed E-state index contributed by atoms with van der Waals surface area (Å²) in [5.74, 6) is 0.102. The van der Waals surface area contributed by atoms with Crippen molar-refractivity contribution in [3.63, 3.8) is 0 Å². The third kappa shape index (κ3) is 3.03. The number of benzene rings is 1. The molecule has 0 fully saturated rings. The molecule has 0 atom stereocenters. The van der Waals surface area contributed by atoms with Crippen molar-refractivity contribution in [1.29, 1.82) is 0 Å². The van der Waals surface area contributed by atoms with Gasteiger partial charge in [0.15, 0.2) is 5.75 Å². The van der Waals surface area contributed by atoms with Crippen LogP contribution in [-0.2, 0) is 11.3 Å². The van der Waals surface area contributed by atoms with Gasteiger partial charge in [-0.25, -0.2) is 4.79 Å². The summed E-state index contributed by atoms with van der Waals surface area (Å²) in [5.41, 5.74) is 0.100. The van der Waals surface area contributed by atoms with Gasteiger partial charge in [-0.2, -0.15) is 0 Å². The van der Waals surface area contributed by atoms with Gasteiger partial charge in [-0.3, -0.25) is 0 Å². The summed E-state index contributed by atoms with van der Waals surface area (Å²) in [7, 11) is 1.40. The monoisotopic (exact) mass is 300 g/mol. The predicted molar refractivity (Wildman–Crippen MR) is 70.8 cm³/mol. The predicted octanol–water partition coefficient (Wildman–Crippen LogP) is 3.95. The molecule has 0 unspecified atom stereocenters. The van der Waals surface area contributed by atoms with E-state index in [1.807, 2.05) is 0 Å². The third-order valence-electron chi connectivity index (χ3n) is 2.39. The van der Waals surface area contributed by atoms with Crippen LogP contribution in [0.2, 0.25) is 10.0 Å². The zero-order valence-electron chi connectivity index (χ0n) is 9.98. The molecule has 0 amide bonds. The first-order valence-electron chi connectivity index (χ1n) is 5.35. The van der Waals surface area contributed by atoms with Gasteiger partial charge in [0, 0.05) is 0 Å². The number of halogens is 2. The van der Waals surface area contributed by atoms with E-state index in [1.165, 1.54) is 19.4 Å². The normalized spacial score (nSPS) is 10.3. The van der Waals surface area contributed by atoms with Crippen LogP contribution in [0.3, 0.4) is 0 Å². The average molecular weight is 301 g/mol. The Labute approximate surface area is 119 Å². The molecule has 0 radical (unpaired) electrons. The minimum Gasteiger partial charge on any atom is -0.494 e. The molecule has 0 aliphatic carbocycles. The lowest BCUT2D eigenvalue weighted by Crippen LogP contribution is -2.08. The summed E-state index contributed by atoms with van der Waals surface area (Å²) in [6, 6.07) is 6.46. The molecule has 0 N–H and O–H groups in total. The zero-order chi connectivity index (χ0) is 13.8. The molecular weight excluding hydrogens is 291 g/mol. The first kappa shape index (κ1) is 13.8. The highest BCUT2D eigenvalue weighted by Crippen LogP contribution is 2.34. The molecular formula is C13H10Cl2O4. The summed E-state index contributed by atoms with van der Waals surface area (Å²) in [6.45, 7) is 0.0117. The molecule has 0 bridgehead atoms. The average Bonchev–Trinajstić information content (AvgIpc) is 2.91. The molecule has 19 heavy (non-hydrogen) atoms. The molecule has 100 valence electrons. The summed E-state index contributed by atoms with van der Waals surface area (Å²) >= 11 is 11.9. The second kappa shape index (κ2) is 5.99. The Morgan fingerprint density at radius 2 is 2.00 bits per heavy atom. The Balaban J connectivity index is 2.21. The third-order valence-corrected chi connectivity index (χ3v) is 3.01. The Morgan fingerprint density at radius 3 is 2.63 bits per heavy atom. The number of carbonyl (C=O) groups excluding carboxylic acids is 1. The quantitative estimate of drug-likeness (QED) is 0.802. The van der Waals surface area contributed by atoms with Crippen LogP contribution in [0.15, 0.2) is 34.9 Å². The minimum absolute atomic E-state index is 0.0117. The molecule has 1 aromatic carbocycles. The second-order valence-electron chi connectivity index (χ2n) is 3.59. The largest absolute Gasteiger partial charge is 0.494 e. The van der Waals surface area contributed by atoms with Gasteiger partial charge in [-0.15, -0.1) is 0 Å². The molecule has 0 aliphatic heterocycles. The maximum absolute atomic E-state index is 12.0. The van der Waals surface area contributed by atoms with Gasteiger partial charge in [0.1, 0.15) is 17.9 Å². The summed E-state index contributed by atoms with van der Waals surface area (Å²) in [6.07, 6.45) is 1.50. The van der Waals surface area contributed by atoms with E-state index >= 15 is 0 Å². The minimum atomic E-state index is -0.624. The van der Waals surface area contributed by atoms with E-state index in [0.29, 0.717) is 5.76 Å². The smallest absolute Gasteiger partial charge is 0.343 e. The Hall–Kier alpha value is -1.65. The van der Waals surface area contributed by atoms with E-state index in [0.717, 1.165) is 0 Å². The van der Waals surface area contributed by atoms with Crippen molar-refractivity contribution in [3.05, 3.63) is 51.9 Å². The van der Waals surface area contributed by atoms with Gasteiger partial charge in [0.05, 0.1) is 23.4 Å². The second-order valence-corrected chi connectivity index (χ2v) is 4.41. The molecule has 0 saturated carbocycles. The standard InChI is InChI=1S/C13H10Cl2O4/c1-17-12-10(15)5-4-9(14)11(12)13(16)19-7-8-3-2-6-18-8/h2-6H,7H2,1H3. The molecule has 1 heterocycles. The van der Waals surface area contributed by atoms with Crippen LogP contribution in [0.1, 0.15) is 16.1 Å². The summed E-state index contributed by atoms with van der Waals surface area (Å²) in [5, 5.41) is 0.502. The topological polar surface area (TPSA) is 48.7 Å². The Bertz CT molecular complexity index is 579. The number of methoxy groups -OCH3 is 1. The highest BCUT2D eigenvalue weighted by Gasteiger charge is 2.21. The fourth-order valence-electron chi connectivity index (χ4n) is 1.53. The number of esters is 1. The van der Waals surface area contributed by atoms with Gasteiger partial charge in [-0.1, -0.05) is 23.2 Å². The van der Waals surface area contributed by atoms with Crippen LogP contribution in [0.4, 0.5) is 0 Å². The van der Waals surface area contributed by atoms with Crippen LogP contribution >= 0.6 is 23.2 Å². The van der Waals surface area contributed by atoms with Gasteiger partial charge in [0.25, 0.3) is 0 Å². The van der Waals surface area contributed by atoms with Crippen molar-refractivity contribution in [3.8, 4) is 5.75 Å². The van der Waals surface area contributed by atoms with Gasteiger partial charge in [-0.05, 0) is 24.3 Å². The van der Waals surface area contributed by atoms with Crippen LogP contribution in [0, 0.1) is 0 Å². The summed E-state index contributed by atoms with van der Waals surface area (Å²) < 4.78 is 15.2. The number of rotatable bonds is 4. The first-order valence-corrected chi connectivity index (χ1v) is 6.10. The number of hydrogen-bond donors (Lipinski definition) is 0. The highest BCUT2D eigenvalue weighted by atomic mass is 35.5. The fourth-order valence-corrected chi connectivity index (χ4v) is 1.99. The van der Waals surface area contributed by atoms with E-state index in [1.54, 1.807) is 18.2 Å². The molecule has 1 aromatic heterocycles. The molecule has 6 heteroatoms. The lowest BCUT2D eigenvalue weighted by molar-refractivity contribution is 0.0442. The van der Waals surface area contributed by atoms with Gasteiger partial charge >= 0.3 is 5.97 Å². The maximum Gasteiger partial charge on any atom is 0.343 e. The molecule has 2 aromatic rings. The number of furan rings is 1. The van der Waals surface area contributed by atoms with E-state index in [4.69, 9.17) is 37.1 Å². The number of hydrogen-bond acceptors (Lipinski definition) is 4. The van der Waals surface area contributed by atoms with E-state index in [2.05, 4.69) is 0 Å².